The third-order valence-corrected chi connectivity index (χ3v) is 3.99. The molecular weight excluding hydrogens is 264 g/mol. The van der Waals surface area contributed by atoms with Crippen LogP contribution in [0, 0.1) is 0 Å². The van der Waals surface area contributed by atoms with Gasteiger partial charge < -0.3 is 15.5 Å². The number of carbonyl (C=O) groups is 1. The molecule has 0 atom stereocenters. The number of aromatic nitrogens is 1. The second-order valence-electron chi connectivity index (χ2n) is 6.08. The predicted octanol–water partition coefficient (Wildman–Crippen LogP) is 1.55. The van der Waals surface area contributed by atoms with E-state index in [4.69, 9.17) is 0 Å². The van der Waals surface area contributed by atoms with E-state index in [9.17, 15) is 4.79 Å². The van der Waals surface area contributed by atoms with Crippen LogP contribution in [0.15, 0.2) is 24.4 Å². The maximum Gasteiger partial charge on any atom is 0.239 e. The average Bonchev–Trinajstić information content (AvgIpc) is 2.49. The number of nitrogens with zero attached hydrogens (tertiary/aromatic N) is 2. The summed E-state index contributed by atoms with van der Waals surface area (Å²) < 4.78 is 0. The normalized spacial score (nSPS) is 16.8. The minimum absolute atomic E-state index is 0.0839. The van der Waals surface area contributed by atoms with Crippen molar-refractivity contribution in [1.82, 2.24) is 15.6 Å². The highest BCUT2D eigenvalue weighted by Crippen LogP contribution is 2.17. The summed E-state index contributed by atoms with van der Waals surface area (Å²) in [5, 5.41) is 6.38. The fourth-order valence-corrected chi connectivity index (χ4v) is 2.68. The first-order chi connectivity index (χ1) is 10.0. The Kier molecular flexibility index (Phi) is 5.17. The molecule has 1 fully saturated rings. The second-order valence-corrected chi connectivity index (χ2v) is 6.08. The number of nitrogens with one attached hydrogen (secondary N) is 2. The zero-order valence-corrected chi connectivity index (χ0v) is 13.2. The van der Waals surface area contributed by atoms with Gasteiger partial charge in [-0.05, 0) is 45.4 Å². The molecule has 0 spiro atoms. The Hall–Kier alpha value is -1.62. The van der Waals surface area contributed by atoms with Crippen LogP contribution in [0.2, 0.25) is 0 Å². The number of carbonyl (C=O) groups excluding carboxylic acids is 1. The van der Waals surface area contributed by atoms with E-state index < -0.39 is 5.54 Å². The van der Waals surface area contributed by atoms with Crippen LogP contribution in [0.1, 0.15) is 33.6 Å². The highest BCUT2D eigenvalue weighted by Gasteiger charge is 2.29. The largest absolute Gasteiger partial charge is 0.356 e. The number of likely N-dealkylation sites (N-methyl/N-ethyl adjacent to an activating group) is 1. The van der Waals surface area contributed by atoms with Gasteiger partial charge in [-0.3, -0.25) is 4.79 Å². The Balaban J connectivity index is 1.83. The summed E-state index contributed by atoms with van der Waals surface area (Å²) in [6, 6.07) is 6.23. The standard InChI is InChI=1S/C16H26N4O/c1-4-18-16(2,3)15(21)19-13-8-11-20(12-9-13)14-7-5-6-10-17-14/h5-7,10,13,18H,4,8-9,11-12H2,1-3H3,(H,19,21). The number of hydrogen-bond donors (Lipinski definition) is 2. The third-order valence-electron chi connectivity index (χ3n) is 3.99. The number of amides is 1. The molecule has 2 heterocycles. The van der Waals surface area contributed by atoms with Gasteiger partial charge in [-0.2, -0.15) is 0 Å². The van der Waals surface area contributed by atoms with Crippen molar-refractivity contribution in [2.24, 2.45) is 0 Å². The van der Waals surface area contributed by atoms with E-state index in [1.165, 1.54) is 0 Å². The molecule has 5 nitrogen and oxygen atoms in total. The molecule has 5 heteroatoms. The molecule has 1 aliphatic rings. The van der Waals surface area contributed by atoms with Gasteiger partial charge in [0, 0.05) is 25.3 Å². The van der Waals surface area contributed by atoms with Crippen LogP contribution in [-0.4, -0.2) is 42.1 Å². The second kappa shape index (κ2) is 6.89. The van der Waals surface area contributed by atoms with Gasteiger partial charge in [0.15, 0.2) is 0 Å². The third kappa shape index (κ3) is 4.17. The first kappa shape index (κ1) is 15.8. The van der Waals surface area contributed by atoms with Crippen LogP contribution in [0.5, 0.6) is 0 Å². The average molecular weight is 290 g/mol. The molecule has 0 saturated carbocycles. The van der Waals surface area contributed by atoms with E-state index >= 15 is 0 Å². The van der Waals surface area contributed by atoms with Crippen LogP contribution >= 0.6 is 0 Å². The van der Waals surface area contributed by atoms with Crippen molar-refractivity contribution in [1.29, 1.82) is 0 Å². The SMILES string of the molecule is CCNC(C)(C)C(=O)NC1CCN(c2ccccn2)CC1. The van der Waals surface area contributed by atoms with E-state index in [0.717, 1.165) is 38.3 Å². The summed E-state index contributed by atoms with van der Waals surface area (Å²) in [6.07, 6.45) is 3.75. The minimum Gasteiger partial charge on any atom is -0.356 e. The van der Waals surface area contributed by atoms with Crippen LogP contribution < -0.4 is 15.5 Å². The van der Waals surface area contributed by atoms with Crippen molar-refractivity contribution in [3.05, 3.63) is 24.4 Å². The van der Waals surface area contributed by atoms with Gasteiger partial charge in [0.2, 0.25) is 5.91 Å². The maximum absolute atomic E-state index is 12.3. The molecule has 0 unspecified atom stereocenters. The van der Waals surface area contributed by atoms with Gasteiger partial charge in [-0.15, -0.1) is 0 Å². The van der Waals surface area contributed by atoms with Crippen LogP contribution in [0.3, 0.4) is 0 Å². The molecule has 0 bridgehead atoms. The Morgan fingerprint density at radius 1 is 1.38 bits per heavy atom. The van der Waals surface area contributed by atoms with Crippen molar-refractivity contribution in [2.45, 2.75) is 45.2 Å². The van der Waals surface area contributed by atoms with Gasteiger partial charge in [0.05, 0.1) is 5.54 Å². The molecule has 0 radical (unpaired) electrons. The minimum atomic E-state index is -0.507. The lowest BCUT2D eigenvalue weighted by Gasteiger charge is -2.35. The van der Waals surface area contributed by atoms with Gasteiger partial charge in [-0.25, -0.2) is 4.98 Å². The first-order valence-electron chi connectivity index (χ1n) is 7.75. The zero-order chi connectivity index (χ0) is 15.3. The van der Waals surface area contributed by atoms with Gasteiger partial charge in [0.1, 0.15) is 5.82 Å². The van der Waals surface area contributed by atoms with Gasteiger partial charge in [0.25, 0.3) is 0 Å². The van der Waals surface area contributed by atoms with Crippen molar-refractivity contribution >= 4 is 11.7 Å². The fourth-order valence-electron chi connectivity index (χ4n) is 2.68. The van der Waals surface area contributed by atoms with Crippen LogP contribution in [-0.2, 0) is 4.79 Å². The Morgan fingerprint density at radius 3 is 2.67 bits per heavy atom. The summed E-state index contributed by atoms with van der Waals surface area (Å²) in [6.45, 7) is 8.52. The topological polar surface area (TPSA) is 57.3 Å². The summed E-state index contributed by atoms with van der Waals surface area (Å²) >= 11 is 0. The first-order valence-corrected chi connectivity index (χ1v) is 7.75. The van der Waals surface area contributed by atoms with Crippen molar-refractivity contribution < 1.29 is 4.79 Å². The fraction of sp³-hybridized carbons (Fsp3) is 0.625. The van der Waals surface area contributed by atoms with Crippen molar-refractivity contribution in [3.63, 3.8) is 0 Å². The quantitative estimate of drug-likeness (QED) is 0.864. The zero-order valence-electron chi connectivity index (χ0n) is 13.2. The molecule has 1 aliphatic heterocycles. The molecule has 2 rings (SSSR count). The smallest absolute Gasteiger partial charge is 0.239 e. The monoisotopic (exact) mass is 290 g/mol. The number of pyridine rings is 1. The van der Waals surface area contributed by atoms with Gasteiger partial charge in [-0.1, -0.05) is 13.0 Å². The molecule has 1 amide bonds. The molecule has 21 heavy (non-hydrogen) atoms. The lowest BCUT2D eigenvalue weighted by Crippen LogP contribution is -2.56. The van der Waals surface area contributed by atoms with Crippen LogP contribution in [0.25, 0.3) is 0 Å². The van der Waals surface area contributed by atoms with E-state index in [-0.39, 0.29) is 11.9 Å². The van der Waals surface area contributed by atoms with Gasteiger partial charge >= 0.3 is 0 Å². The van der Waals surface area contributed by atoms with E-state index in [1.807, 2.05) is 45.2 Å². The highest BCUT2D eigenvalue weighted by atomic mass is 16.2. The summed E-state index contributed by atoms with van der Waals surface area (Å²) in [4.78, 5) is 18.9. The number of anilines is 1. The van der Waals surface area contributed by atoms with E-state index in [2.05, 4.69) is 20.5 Å². The van der Waals surface area contributed by atoms with Crippen molar-refractivity contribution in [2.75, 3.05) is 24.5 Å². The predicted molar refractivity (Wildman–Crippen MR) is 85.4 cm³/mol. The summed E-state index contributed by atoms with van der Waals surface area (Å²) in [5.74, 6) is 1.11. The lowest BCUT2D eigenvalue weighted by molar-refractivity contribution is -0.127. The molecule has 0 aliphatic carbocycles. The van der Waals surface area contributed by atoms with E-state index in [0.29, 0.717) is 0 Å². The molecule has 0 aromatic carbocycles. The summed E-state index contributed by atoms with van der Waals surface area (Å²) in [5.41, 5.74) is -0.507. The van der Waals surface area contributed by atoms with Crippen LogP contribution in [0.4, 0.5) is 5.82 Å². The Morgan fingerprint density at radius 2 is 2.10 bits per heavy atom. The molecular formula is C16H26N4O. The number of rotatable bonds is 5. The number of hydrogen-bond acceptors (Lipinski definition) is 4. The maximum atomic E-state index is 12.3. The highest BCUT2D eigenvalue weighted by molar-refractivity contribution is 5.85. The lowest BCUT2D eigenvalue weighted by atomic mass is 10.0. The Bertz CT molecular complexity index is 453. The summed E-state index contributed by atoms with van der Waals surface area (Å²) in [7, 11) is 0. The molecule has 1 aromatic rings. The number of piperidine rings is 1. The molecule has 2 N–H and O–H groups in total. The Labute approximate surface area is 127 Å². The molecule has 1 saturated heterocycles. The van der Waals surface area contributed by atoms with E-state index in [1.54, 1.807) is 0 Å². The molecule has 116 valence electrons. The van der Waals surface area contributed by atoms with Crippen molar-refractivity contribution in [3.8, 4) is 0 Å². The molecule has 1 aromatic heterocycles.